The summed E-state index contributed by atoms with van der Waals surface area (Å²) >= 11 is 0. The van der Waals surface area contributed by atoms with Crippen molar-refractivity contribution in [1.29, 1.82) is 0 Å². The summed E-state index contributed by atoms with van der Waals surface area (Å²) in [6.45, 7) is 2.62. The van der Waals surface area contributed by atoms with Gasteiger partial charge in [0.05, 0.1) is 30.5 Å². The molecule has 21 heavy (non-hydrogen) atoms. The van der Waals surface area contributed by atoms with Crippen molar-refractivity contribution < 1.29 is 14.4 Å². The Bertz CT molecular complexity index is 648. The predicted molar refractivity (Wildman–Crippen MR) is 75.9 cm³/mol. The maximum Gasteiger partial charge on any atom is 0.273 e. The maximum atomic E-state index is 10.8. The molecule has 0 fully saturated rings. The summed E-state index contributed by atoms with van der Waals surface area (Å²) in [5.41, 5.74) is -0.0957. The van der Waals surface area contributed by atoms with Gasteiger partial charge >= 0.3 is 0 Å². The number of rotatable bonds is 6. The van der Waals surface area contributed by atoms with Gasteiger partial charge in [-0.1, -0.05) is 0 Å². The normalized spacial score (nSPS) is 10.0. The molecule has 110 valence electrons. The van der Waals surface area contributed by atoms with Crippen LogP contribution in [0, 0.1) is 10.1 Å². The highest BCUT2D eigenvalue weighted by Gasteiger charge is 2.14. The van der Waals surface area contributed by atoms with Crippen LogP contribution >= 0.6 is 0 Å². The molecule has 1 N–H and O–H groups in total. The van der Waals surface area contributed by atoms with E-state index in [1.54, 1.807) is 6.20 Å². The van der Waals surface area contributed by atoms with Gasteiger partial charge in [0.15, 0.2) is 11.5 Å². The number of nitro benzene ring substituents is 1. The van der Waals surface area contributed by atoms with Crippen LogP contribution in [0.1, 0.15) is 6.92 Å². The van der Waals surface area contributed by atoms with Gasteiger partial charge in [-0.15, -0.1) is 0 Å². The third-order valence-electron chi connectivity index (χ3n) is 2.54. The number of aromatic nitrogens is 2. The van der Waals surface area contributed by atoms with Crippen LogP contribution in [0.4, 0.5) is 11.5 Å². The van der Waals surface area contributed by atoms with Gasteiger partial charge in [-0.05, 0) is 13.0 Å². The minimum atomic E-state index is -0.507. The third-order valence-corrected chi connectivity index (χ3v) is 2.54. The third kappa shape index (κ3) is 3.56. The van der Waals surface area contributed by atoms with Crippen molar-refractivity contribution >= 4 is 11.5 Å². The molecule has 0 spiro atoms. The highest BCUT2D eigenvalue weighted by molar-refractivity contribution is 5.50. The zero-order valence-electron chi connectivity index (χ0n) is 11.6. The van der Waals surface area contributed by atoms with Crippen molar-refractivity contribution in [3.05, 3.63) is 40.7 Å². The SMILES string of the molecule is CCNc1cncc(Oc2cc([N+](=O)[O-])ccc2OC)n1. The molecule has 0 aliphatic heterocycles. The number of methoxy groups -OCH3 is 1. The highest BCUT2D eigenvalue weighted by Crippen LogP contribution is 2.34. The van der Waals surface area contributed by atoms with Crippen molar-refractivity contribution in [2.45, 2.75) is 6.92 Å². The van der Waals surface area contributed by atoms with Crippen LogP contribution in [-0.2, 0) is 0 Å². The smallest absolute Gasteiger partial charge is 0.273 e. The summed E-state index contributed by atoms with van der Waals surface area (Å²) in [6, 6.07) is 4.09. The standard InChI is InChI=1S/C13H14N4O4/c1-3-15-12-7-14-8-13(16-12)21-11-6-9(17(18)19)4-5-10(11)20-2/h4-8H,3H2,1-2H3,(H,15,16). The Balaban J connectivity index is 2.31. The monoisotopic (exact) mass is 290 g/mol. The van der Waals surface area contributed by atoms with Gasteiger partial charge in [-0.25, -0.2) is 0 Å². The lowest BCUT2D eigenvalue weighted by Crippen LogP contribution is -2.01. The molecule has 0 bridgehead atoms. The van der Waals surface area contributed by atoms with E-state index in [1.807, 2.05) is 6.92 Å². The first kappa shape index (κ1) is 14.5. The second-order valence-corrected chi connectivity index (χ2v) is 3.97. The van der Waals surface area contributed by atoms with Crippen LogP contribution in [0.2, 0.25) is 0 Å². The van der Waals surface area contributed by atoms with E-state index in [2.05, 4.69) is 15.3 Å². The highest BCUT2D eigenvalue weighted by atomic mass is 16.6. The largest absolute Gasteiger partial charge is 0.493 e. The first-order valence-corrected chi connectivity index (χ1v) is 6.20. The zero-order chi connectivity index (χ0) is 15.2. The Kier molecular flexibility index (Phi) is 4.50. The van der Waals surface area contributed by atoms with E-state index in [4.69, 9.17) is 9.47 Å². The Morgan fingerprint density at radius 2 is 2.14 bits per heavy atom. The van der Waals surface area contributed by atoms with Gasteiger partial charge in [0.25, 0.3) is 5.69 Å². The Morgan fingerprint density at radius 3 is 2.81 bits per heavy atom. The Hall–Kier alpha value is -2.90. The van der Waals surface area contributed by atoms with Crippen molar-refractivity contribution in [1.82, 2.24) is 9.97 Å². The fourth-order valence-electron chi connectivity index (χ4n) is 1.63. The maximum absolute atomic E-state index is 10.8. The van der Waals surface area contributed by atoms with Crippen molar-refractivity contribution in [2.75, 3.05) is 19.0 Å². The molecule has 0 radical (unpaired) electrons. The van der Waals surface area contributed by atoms with E-state index >= 15 is 0 Å². The van der Waals surface area contributed by atoms with Gasteiger partial charge in [0.1, 0.15) is 5.82 Å². The molecule has 0 amide bonds. The van der Waals surface area contributed by atoms with Crippen LogP contribution < -0.4 is 14.8 Å². The molecule has 0 saturated heterocycles. The van der Waals surface area contributed by atoms with Crippen LogP contribution in [0.25, 0.3) is 0 Å². The predicted octanol–water partition coefficient (Wildman–Crippen LogP) is 2.62. The van der Waals surface area contributed by atoms with Crippen LogP contribution in [-0.4, -0.2) is 28.5 Å². The van der Waals surface area contributed by atoms with Gasteiger partial charge in [-0.2, -0.15) is 4.98 Å². The zero-order valence-corrected chi connectivity index (χ0v) is 11.6. The number of hydrogen-bond acceptors (Lipinski definition) is 7. The number of ether oxygens (including phenoxy) is 2. The number of benzene rings is 1. The topological polar surface area (TPSA) is 99.4 Å². The second kappa shape index (κ2) is 6.51. The summed E-state index contributed by atoms with van der Waals surface area (Å²) < 4.78 is 10.7. The molecule has 0 atom stereocenters. The van der Waals surface area contributed by atoms with Crippen molar-refractivity contribution in [2.24, 2.45) is 0 Å². The lowest BCUT2D eigenvalue weighted by molar-refractivity contribution is -0.384. The summed E-state index contributed by atoms with van der Waals surface area (Å²) in [7, 11) is 1.45. The minimum absolute atomic E-state index is 0.0957. The molecule has 2 rings (SSSR count). The summed E-state index contributed by atoms with van der Waals surface area (Å²) in [4.78, 5) is 18.5. The number of non-ortho nitro benzene ring substituents is 1. The molecule has 8 nitrogen and oxygen atoms in total. The van der Waals surface area contributed by atoms with Crippen molar-refractivity contribution in [3.63, 3.8) is 0 Å². The lowest BCUT2D eigenvalue weighted by Gasteiger charge is -2.10. The first-order chi connectivity index (χ1) is 10.1. The minimum Gasteiger partial charge on any atom is -0.493 e. The fraction of sp³-hybridized carbons (Fsp3) is 0.231. The van der Waals surface area contributed by atoms with Gasteiger partial charge in [-0.3, -0.25) is 15.1 Å². The Labute approximate surface area is 120 Å². The lowest BCUT2D eigenvalue weighted by atomic mass is 10.3. The Morgan fingerprint density at radius 1 is 1.33 bits per heavy atom. The number of nitrogens with one attached hydrogen (secondary N) is 1. The second-order valence-electron chi connectivity index (χ2n) is 3.97. The first-order valence-electron chi connectivity index (χ1n) is 6.20. The number of nitro groups is 1. The molecule has 0 unspecified atom stereocenters. The van der Waals surface area contributed by atoms with E-state index in [-0.39, 0.29) is 17.3 Å². The molecular formula is C13H14N4O4. The molecule has 2 aromatic rings. The number of hydrogen-bond donors (Lipinski definition) is 1. The molecule has 0 aliphatic carbocycles. The van der Waals surface area contributed by atoms with E-state index in [0.29, 0.717) is 18.1 Å². The summed E-state index contributed by atoms with van der Waals surface area (Å²) in [6.07, 6.45) is 2.97. The molecule has 0 saturated carbocycles. The van der Waals surface area contributed by atoms with Crippen LogP contribution in [0.15, 0.2) is 30.6 Å². The van der Waals surface area contributed by atoms with E-state index in [0.717, 1.165) is 0 Å². The van der Waals surface area contributed by atoms with E-state index in [9.17, 15) is 10.1 Å². The van der Waals surface area contributed by atoms with Crippen LogP contribution in [0.5, 0.6) is 17.4 Å². The quantitative estimate of drug-likeness (QED) is 0.644. The number of anilines is 1. The van der Waals surface area contributed by atoms with Gasteiger partial charge in [0.2, 0.25) is 5.88 Å². The van der Waals surface area contributed by atoms with Crippen molar-refractivity contribution in [3.8, 4) is 17.4 Å². The molecule has 1 aromatic heterocycles. The molecule has 0 aliphatic rings. The fourth-order valence-corrected chi connectivity index (χ4v) is 1.63. The van der Waals surface area contributed by atoms with Gasteiger partial charge < -0.3 is 14.8 Å². The average Bonchev–Trinajstić information content (AvgIpc) is 2.48. The molecule has 1 heterocycles. The molecule has 1 aromatic carbocycles. The average molecular weight is 290 g/mol. The van der Waals surface area contributed by atoms with Crippen LogP contribution in [0.3, 0.4) is 0 Å². The molecular weight excluding hydrogens is 276 g/mol. The summed E-state index contributed by atoms with van der Waals surface area (Å²) in [5.74, 6) is 1.34. The summed E-state index contributed by atoms with van der Waals surface area (Å²) in [5, 5.41) is 13.8. The van der Waals surface area contributed by atoms with E-state index in [1.165, 1.54) is 31.5 Å². The van der Waals surface area contributed by atoms with Gasteiger partial charge in [0, 0.05) is 12.6 Å². The number of nitrogens with zero attached hydrogens (tertiary/aromatic N) is 3. The van der Waals surface area contributed by atoms with E-state index < -0.39 is 4.92 Å². The molecule has 8 heteroatoms.